The molecule has 0 saturated heterocycles. The van der Waals surface area contributed by atoms with E-state index in [-0.39, 0.29) is 42.0 Å². The Balaban J connectivity index is 0.00000180. The number of aliphatic imine (C=N–C) groups is 1. The van der Waals surface area contributed by atoms with Gasteiger partial charge in [-0.3, -0.25) is 4.99 Å². The number of benzene rings is 1. The van der Waals surface area contributed by atoms with Crippen LogP contribution in [0.25, 0.3) is 0 Å². The summed E-state index contributed by atoms with van der Waals surface area (Å²) in [6.07, 6.45) is 3.30. The summed E-state index contributed by atoms with van der Waals surface area (Å²) in [5, 5.41) is 0. The van der Waals surface area contributed by atoms with Crippen molar-refractivity contribution in [2.45, 2.75) is 31.1 Å². The lowest BCUT2D eigenvalue weighted by atomic mass is 9.78. The summed E-state index contributed by atoms with van der Waals surface area (Å²) in [5.41, 5.74) is 10.2. The highest BCUT2D eigenvalue weighted by atomic mass is 127. The van der Waals surface area contributed by atoms with Crippen LogP contribution in [0.4, 0.5) is 8.78 Å². The fourth-order valence-corrected chi connectivity index (χ4v) is 2.79. The van der Waals surface area contributed by atoms with Gasteiger partial charge in [0.05, 0.1) is 6.54 Å². The number of halogens is 3. The summed E-state index contributed by atoms with van der Waals surface area (Å²) in [4.78, 5) is 3.98. The summed E-state index contributed by atoms with van der Waals surface area (Å²) >= 11 is 0. The molecule has 0 atom stereocenters. The standard InChI is InChI=1S/C13H17F2N3.HI/c14-9-4-3-5-10(15)11(9)13(6-1-2-7-13)8-18-12(16)17;/h3-5H,1-2,6-8H2,(H4,16,17,18);1H. The van der Waals surface area contributed by atoms with E-state index < -0.39 is 17.0 Å². The van der Waals surface area contributed by atoms with Crippen molar-refractivity contribution in [3.8, 4) is 0 Å². The molecule has 0 heterocycles. The van der Waals surface area contributed by atoms with Crippen LogP contribution in [-0.4, -0.2) is 12.5 Å². The van der Waals surface area contributed by atoms with Gasteiger partial charge in [-0.1, -0.05) is 18.9 Å². The molecular weight excluding hydrogens is 363 g/mol. The van der Waals surface area contributed by atoms with E-state index in [9.17, 15) is 8.78 Å². The minimum atomic E-state index is -0.598. The minimum Gasteiger partial charge on any atom is -0.370 e. The van der Waals surface area contributed by atoms with Crippen LogP contribution in [0.2, 0.25) is 0 Å². The number of hydrogen-bond donors (Lipinski definition) is 2. The Labute approximate surface area is 128 Å². The molecule has 0 bridgehead atoms. The van der Waals surface area contributed by atoms with Crippen LogP contribution in [0.1, 0.15) is 31.2 Å². The second kappa shape index (κ2) is 6.49. The predicted molar refractivity (Wildman–Crippen MR) is 82.6 cm³/mol. The molecule has 6 heteroatoms. The molecular formula is C13H18F2IN3. The highest BCUT2D eigenvalue weighted by molar-refractivity contribution is 14.0. The molecule has 3 nitrogen and oxygen atoms in total. The van der Waals surface area contributed by atoms with Crippen molar-refractivity contribution >= 4 is 29.9 Å². The fourth-order valence-electron chi connectivity index (χ4n) is 2.79. The van der Waals surface area contributed by atoms with Crippen LogP contribution < -0.4 is 11.5 Å². The molecule has 0 spiro atoms. The molecule has 0 unspecified atom stereocenters. The van der Waals surface area contributed by atoms with E-state index in [1.54, 1.807) is 0 Å². The van der Waals surface area contributed by atoms with Crippen molar-refractivity contribution in [1.82, 2.24) is 0 Å². The zero-order valence-corrected chi connectivity index (χ0v) is 12.9. The third-order valence-electron chi connectivity index (χ3n) is 3.62. The molecule has 0 aliphatic heterocycles. The summed E-state index contributed by atoms with van der Waals surface area (Å²) in [7, 11) is 0. The van der Waals surface area contributed by atoms with Gasteiger partial charge in [-0.15, -0.1) is 24.0 Å². The predicted octanol–water partition coefficient (Wildman–Crippen LogP) is 2.67. The van der Waals surface area contributed by atoms with Crippen molar-refractivity contribution in [3.63, 3.8) is 0 Å². The maximum atomic E-state index is 13.9. The van der Waals surface area contributed by atoms with Gasteiger partial charge in [-0.25, -0.2) is 8.78 Å². The van der Waals surface area contributed by atoms with E-state index in [0.717, 1.165) is 12.8 Å². The Hall–Kier alpha value is -0.920. The third-order valence-corrected chi connectivity index (χ3v) is 3.62. The van der Waals surface area contributed by atoms with Gasteiger partial charge in [0, 0.05) is 11.0 Å². The molecule has 1 aliphatic rings. The quantitative estimate of drug-likeness (QED) is 0.481. The van der Waals surface area contributed by atoms with Crippen LogP contribution in [0.5, 0.6) is 0 Å². The van der Waals surface area contributed by atoms with Gasteiger partial charge in [-0.05, 0) is 25.0 Å². The van der Waals surface area contributed by atoms with Crippen LogP contribution >= 0.6 is 24.0 Å². The number of nitrogens with zero attached hydrogens (tertiary/aromatic N) is 1. The van der Waals surface area contributed by atoms with Gasteiger partial charge >= 0.3 is 0 Å². The zero-order chi connectivity index (χ0) is 13.2. The lowest BCUT2D eigenvalue weighted by Crippen LogP contribution is -2.32. The molecule has 2 rings (SSSR count). The van der Waals surface area contributed by atoms with E-state index in [0.29, 0.717) is 12.8 Å². The van der Waals surface area contributed by atoms with E-state index >= 15 is 0 Å². The number of guanidine groups is 1. The molecule has 19 heavy (non-hydrogen) atoms. The van der Waals surface area contributed by atoms with Crippen LogP contribution in [-0.2, 0) is 5.41 Å². The second-order valence-electron chi connectivity index (χ2n) is 4.83. The van der Waals surface area contributed by atoms with Crippen LogP contribution in [0.3, 0.4) is 0 Å². The third kappa shape index (κ3) is 3.34. The van der Waals surface area contributed by atoms with Gasteiger partial charge in [0.2, 0.25) is 0 Å². The zero-order valence-electron chi connectivity index (χ0n) is 10.5. The number of nitrogens with two attached hydrogens (primary N) is 2. The molecule has 0 aromatic heterocycles. The summed E-state index contributed by atoms with van der Waals surface area (Å²) in [6, 6.07) is 3.94. The van der Waals surface area contributed by atoms with E-state index in [2.05, 4.69) is 4.99 Å². The van der Waals surface area contributed by atoms with Crippen molar-refractivity contribution in [1.29, 1.82) is 0 Å². The Bertz CT molecular complexity index is 447. The molecule has 4 N–H and O–H groups in total. The number of rotatable bonds is 3. The molecule has 1 fully saturated rings. The van der Waals surface area contributed by atoms with E-state index in [4.69, 9.17) is 11.5 Å². The fraction of sp³-hybridized carbons (Fsp3) is 0.462. The normalized spacial score (nSPS) is 16.7. The van der Waals surface area contributed by atoms with Gasteiger partial charge < -0.3 is 11.5 Å². The Morgan fingerprint density at radius 1 is 1.16 bits per heavy atom. The van der Waals surface area contributed by atoms with E-state index in [1.165, 1.54) is 18.2 Å². The maximum absolute atomic E-state index is 13.9. The van der Waals surface area contributed by atoms with Crippen molar-refractivity contribution in [2.24, 2.45) is 16.5 Å². The molecule has 1 aromatic rings. The average molecular weight is 381 g/mol. The second-order valence-corrected chi connectivity index (χ2v) is 4.83. The Morgan fingerprint density at radius 2 is 1.68 bits per heavy atom. The molecule has 1 aliphatic carbocycles. The topological polar surface area (TPSA) is 64.4 Å². The highest BCUT2D eigenvalue weighted by Gasteiger charge is 2.39. The Kier molecular flexibility index (Phi) is 5.51. The monoisotopic (exact) mass is 381 g/mol. The first-order valence-corrected chi connectivity index (χ1v) is 6.05. The first kappa shape index (κ1) is 16.1. The largest absolute Gasteiger partial charge is 0.370 e. The first-order valence-electron chi connectivity index (χ1n) is 6.05. The SMILES string of the molecule is I.NC(N)=NCC1(c2c(F)cccc2F)CCCC1. The lowest BCUT2D eigenvalue weighted by Gasteiger charge is -2.28. The molecule has 1 aromatic carbocycles. The van der Waals surface area contributed by atoms with Crippen molar-refractivity contribution in [3.05, 3.63) is 35.4 Å². The van der Waals surface area contributed by atoms with E-state index in [1.807, 2.05) is 0 Å². The highest BCUT2D eigenvalue weighted by Crippen LogP contribution is 2.43. The van der Waals surface area contributed by atoms with Crippen molar-refractivity contribution < 1.29 is 8.78 Å². The first-order chi connectivity index (χ1) is 8.55. The Morgan fingerprint density at radius 3 is 2.16 bits per heavy atom. The van der Waals surface area contributed by atoms with Gasteiger partial charge in [0.25, 0.3) is 0 Å². The smallest absolute Gasteiger partial charge is 0.185 e. The average Bonchev–Trinajstić information content (AvgIpc) is 2.76. The molecule has 0 radical (unpaired) electrons. The summed E-state index contributed by atoms with van der Waals surface area (Å²) < 4.78 is 27.8. The summed E-state index contributed by atoms with van der Waals surface area (Å²) in [5.74, 6) is -1.07. The van der Waals surface area contributed by atoms with Gasteiger partial charge in [0.1, 0.15) is 11.6 Å². The molecule has 1 saturated carbocycles. The minimum absolute atomic E-state index is 0. The van der Waals surface area contributed by atoms with Crippen LogP contribution in [0.15, 0.2) is 23.2 Å². The molecule has 106 valence electrons. The van der Waals surface area contributed by atoms with Crippen molar-refractivity contribution in [2.75, 3.05) is 6.54 Å². The number of hydrogen-bond acceptors (Lipinski definition) is 1. The lowest BCUT2D eigenvalue weighted by molar-refractivity contribution is 0.401. The molecule has 0 amide bonds. The van der Waals surface area contributed by atoms with Crippen LogP contribution in [0, 0.1) is 11.6 Å². The van der Waals surface area contributed by atoms with Gasteiger partial charge in [0.15, 0.2) is 5.96 Å². The van der Waals surface area contributed by atoms with Gasteiger partial charge in [-0.2, -0.15) is 0 Å². The maximum Gasteiger partial charge on any atom is 0.185 e. The summed E-state index contributed by atoms with van der Waals surface area (Å²) in [6.45, 7) is 0.243.